The minimum absolute atomic E-state index is 0.236. The summed E-state index contributed by atoms with van der Waals surface area (Å²) in [5.41, 5.74) is 7.47. The minimum Gasteiger partial charge on any atom is -0.207 e. The van der Waals surface area contributed by atoms with Gasteiger partial charge in [-0.05, 0) is 55.5 Å². The van der Waals surface area contributed by atoms with Crippen LogP contribution in [0, 0.1) is 20.8 Å². The zero-order valence-corrected chi connectivity index (χ0v) is 20.3. The van der Waals surface area contributed by atoms with Gasteiger partial charge in [0.25, 0.3) is 0 Å². The van der Waals surface area contributed by atoms with Gasteiger partial charge in [0.05, 0.1) is 10.9 Å². The summed E-state index contributed by atoms with van der Waals surface area (Å²) in [5, 5.41) is 0. The molecule has 170 valence electrons. The van der Waals surface area contributed by atoms with Crippen molar-refractivity contribution >= 4 is 16.1 Å². The summed E-state index contributed by atoms with van der Waals surface area (Å²) in [6.07, 6.45) is 6.14. The second kappa shape index (κ2) is 11.1. The van der Waals surface area contributed by atoms with Crippen molar-refractivity contribution in [2.24, 2.45) is 0 Å². The van der Waals surface area contributed by atoms with Crippen LogP contribution in [0.5, 0.6) is 0 Å². The van der Waals surface area contributed by atoms with Crippen molar-refractivity contribution in [2.45, 2.75) is 38.1 Å². The lowest BCUT2D eigenvalue weighted by molar-refractivity contribution is 0.387. The maximum atomic E-state index is 14.1. The average Bonchev–Trinajstić information content (AvgIpc) is 2.77. The summed E-state index contributed by atoms with van der Waals surface area (Å²) in [6.45, 7) is 9.67. The van der Waals surface area contributed by atoms with Gasteiger partial charge in [0.1, 0.15) is 0 Å². The van der Waals surface area contributed by atoms with Gasteiger partial charge in [0.2, 0.25) is 10.0 Å². The van der Waals surface area contributed by atoms with Crippen LogP contribution >= 0.6 is 0 Å². The fourth-order valence-corrected chi connectivity index (χ4v) is 6.14. The van der Waals surface area contributed by atoms with Gasteiger partial charge >= 0.3 is 0 Å². The van der Waals surface area contributed by atoms with E-state index in [9.17, 15) is 8.42 Å². The summed E-state index contributed by atoms with van der Waals surface area (Å²) >= 11 is 0. The van der Waals surface area contributed by atoms with Gasteiger partial charge in [-0.15, -0.1) is 5.73 Å². The molecule has 0 N–H and O–H groups in total. The van der Waals surface area contributed by atoms with Gasteiger partial charge in [0, 0.05) is 6.54 Å². The highest BCUT2D eigenvalue weighted by Crippen LogP contribution is 2.28. The molecule has 0 amide bonds. The van der Waals surface area contributed by atoms with Crippen LogP contribution in [-0.4, -0.2) is 25.3 Å². The van der Waals surface area contributed by atoms with E-state index in [1.807, 2.05) is 106 Å². The summed E-state index contributed by atoms with van der Waals surface area (Å²) in [5.74, 6) is 0. The number of sulfonamides is 1. The average molecular weight is 458 g/mol. The van der Waals surface area contributed by atoms with Crippen LogP contribution in [0.2, 0.25) is 0 Å². The molecule has 1 atom stereocenters. The molecule has 0 radical (unpaired) electrons. The third kappa shape index (κ3) is 6.21. The van der Waals surface area contributed by atoms with Crippen molar-refractivity contribution in [3.63, 3.8) is 0 Å². The van der Waals surface area contributed by atoms with E-state index in [1.54, 1.807) is 10.4 Å². The molecule has 0 fully saturated rings. The molecule has 4 heteroatoms. The van der Waals surface area contributed by atoms with Crippen molar-refractivity contribution in [3.8, 4) is 0 Å². The molecule has 3 nitrogen and oxygen atoms in total. The smallest absolute Gasteiger partial charge is 0.207 e. The van der Waals surface area contributed by atoms with Crippen LogP contribution < -0.4 is 0 Å². The van der Waals surface area contributed by atoms with E-state index in [1.165, 1.54) is 0 Å². The van der Waals surface area contributed by atoms with Gasteiger partial charge in [-0.2, -0.15) is 4.31 Å². The predicted octanol–water partition coefficient (Wildman–Crippen LogP) is 6.27. The van der Waals surface area contributed by atoms with Crippen LogP contribution in [0.15, 0.2) is 102 Å². The number of nitrogens with zero attached hydrogens (tertiary/aromatic N) is 1. The molecule has 0 spiro atoms. The zero-order valence-electron chi connectivity index (χ0n) is 19.5. The fraction of sp³-hybridized carbons (Fsp3) is 0.207. The van der Waals surface area contributed by atoms with E-state index in [0.717, 1.165) is 27.8 Å². The Morgan fingerprint density at radius 1 is 0.939 bits per heavy atom. The lowest BCUT2D eigenvalue weighted by Crippen LogP contribution is -2.41. The largest absolute Gasteiger partial charge is 0.244 e. The molecule has 0 aliphatic rings. The molecule has 0 saturated carbocycles. The van der Waals surface area contributed by atoms with Crippen molar-refractivity contribution in [1.29, 1.82) is 0 Å². The van der Waals surface area contributed by atoms with Crippen molar-refractivity contribution < 1.29 is 8.42 Å². The molecule has 33 heavy (non-hydrogen) atoms. The van der Waals surface area contributed by atoms with E-state index >= 15 is 0 Å². The lowest BCUT2D eigenvalue weighted by atomic mass is 10.1. The summed E-state index contributed by atoms with van der Waals surface area (Å²) in [6, 6.07) is 23.2. The first-order valence-electron chi connectivity index (χ1n) is 11.0. The third-order valence-corrected chi connectivity index (χ3v) is 7.73. The van der Waals surface area contributed by atoms with Gasteiger partial charge in [0.15, 0.2) is 0 Å². The molecule has 3 rings (SSSR count). The van der Waals surface area contributed by atoms with Gasteiger partial charge in [-0.3, -0.25) is 0 Å². The van der Waals surface area contributed by atoms with Crippen LogP contribution in [0.25, 0.3) is 6.08 Å². The first-order chi connectivity index (χ1) is 15.8. The highest BCUT2D eigenvalue weighted by molar-refractivity contribution is 7.89. The topological polar surface area (TPSA) is 37.4 Å². The number of hydrogen-bond acceptors (Lipinski definition) is 2. The van der Waals surface area contributed by atoms with Gasteiger partial charge in [-0.1, -0.05) is 97.1 Å². The van der Waals surface area contributed by atoms with Crippen LogP contribution in [0.3, 0.4) is 0 Å². The fourth-order valence-electron chi connectivity index (χ4n) is 4.20. The quantitative estimate of drug-likeness (QED) is 0.355. The van der Waals surface area contributed by atoms with E-state index in [4.69, 9.17) is 0 Å². The Balaban J connectivity index is 2.06. The zero-order chi connectivity index (χ0) is 23.8. The Kier molecular flexibility index (Phi) is 8.24. The Bertz CT molecular complexity index is 1230. The van der Waals surface area contributed by atoms with Crippen LogP contribution in [-0.2, 0) is 16.4 Å². The molecule has 0 heterocycles. The summed E-state index contributed by atoms with van der Waals surface area (Å²) in [4.78, 5) is 0.372. The number of rotatable bonds is 9. The number of hydrogen-bond donors (Lipinski definition) is 0. The normalized spacial score (nSPS) is 12.6. The maximum Gasteiger partial charge on any atom is 0.244 e. The van der Waals surface area contributed by atoms with Crippen molar-refractivity contribution in [3.05, 3.63) is 125 Å². The summed E-state index contributed by atoms with van der Waals surface area (Å²) in [7, 11) is -3.79. The Morgan fingerprint density at radius 2 is 1.52 bits per heavy atom. The van der Waals surface area contributed by atoms with Gasteiger partial charge in [-0.25, -0.2) is 8.42 Å². The van der Waals surface area contributed by atoms with E-state index < -0.39 is 16.1 Å². The first kappa shape index (κ1) is 24.5. The maximum absolute atomic E-state index is 14.1. The molecular formula is C29H31NO2S. The van der Waals surface area contributed by atoms with Crippen LogP contribution in [0.1, 0.15) is 27.8 Å². The molecule has 3 aromatic rings. The molecule has 0 aliphatic heterocycles. The third-order valence-electron chi connectivity index (χ3n) is 5.53. The highest BCUT2D eigenvalue weighted by atomic mass is 32.2. The Hall–Kier alpha value is -3.17. The predicted molar refractivity (Wildman–Crippen MR) is 138 cm³/mol. The minimum atomic E-state index is -3.79. The van der Waals surface area contributed by atoms with E-state index in [0.29, 0.717) is 11.3 Å². The second-order valence-electron chi connectivity index (χ2n) is 8.24. The summed E-state index contributed by atoms with van der Waals surface area (Å²) < 4.78 is 29.7. The van der Waals surface area contributed by atoms with E-state index in [-0.39, 0.29) is 6.54 Å². The van der Waals surface area contributed by atoms with Crippen LogP contribution in [0.4, 0.5) is 0 Å². The molecule has 0 aliphatic carbocycles. The van der Waals surface area contributed by atoms with Crippen molar-refractivity contribution in [1.82, 2.24) is 4.31 Å². The number of aryl methyl sites for hydroxylation is 3. The molecule has 0 aromatic heterocycles. The standard InChI is InChI=1S/C29H31NO2S/c1-5-13-28(22-27-16-10-7-11-17-27)30(19-12-18-26-14-8-6-9-15-26)33(31,32)29-24(3)20-23(2)21-25(29)4/h6-18,20-21,28H,1,19,22H2,2-4H3/b18-12+/t28-/m1/s1. The van der Waals surface area contributed by atoms with Crippen molar-refractivity contribution in [2.75, 3.05) is 6.54 Å². The second-order valence-corrected chi connectivity index (χ2v) is 10.1. The lowest BCUT2D eigenvalue weighted by Gasteiger charge is -2.29. The highest BCUT2D eigenvalue weighted by Gasteiger charge is 2.32. The molecular weight excluding hydrogens is 426 g/mol. The van der Waals surface area contributed by atoms with Gasteiger partial charge < -0.3 is 0 Å². The van der Waals surface area contributed by atoms with E-state index in [2.05, 4.69) is 12.3 Å². The molecule has 0 unspecified atom stereocenters. The molecule has 0 saturated heterocycles. The Labute approximate surface area is 198 Å². The Morgan fingerprint density at radius 3 is 2.09 bits per heavy atom. The SMILES string of the molecule is C=C=C[C@H](Cc1ccccc1)N(C/C=C/c1ccccc1)S(=O)(=O)c1c(C)cc(C)cc1C. The molecule has 3 aromatic carbocycles. The molecule has 0 bridgehead atoms. The number of benzene rings is 3. The monoisotopic (exact) mass is 457 g/mol. The first-order valence-corrected chi connectivity index (χ1v) is 12.5.